The molecule has 1 aromatic rings. The van der Waals surface area contributed by atoms with Crippen molar-refractivity contribution in [3.05, 3.63) is 29.3 Å². The molecule has 0 unspecified atom stereocenters. The monoisotopic (exact) mass is 277 g/mol. The van der Waals surface area contributed by atoms with Crippen molar-refractivity contribution in [2.45, 2.75) is 50.5 Å². The van der Waals surface area contributed by atoms with Crippen LogP contribution in [0.15, 0.2) is 23.1 Å². The molecule has 19 heavy (non-hydrogen) atoms. The molecule has 0 radical (unpaired) electrons. The van der Waals surface area contributed by atoms with Gasteiger partial charge in [0.05, 0.1) is 0 Å². The molecule has 0 N–H and O–H groups in total. The zero-order valence-electron chi connectivity index (χ0n) is 12.0. The van der Waals surface area contributed by atoms with Crippen LogP contribution in [0.25, 0.3) is 0 Å². The second-order valence-corrected chi connectivity index (χ2v) is 6.35. The molecule has 1 aliphatic rings. The van der Waals surface area contributed by atoms with E-state index in [-0.39, 0.29) is 5.91 Å². The van der Waals surface area contributed by atoms with Crippen molar-refractivity contribution in [2.24, 2.45) is 5.92 Å². The Morgan fingerprint density at radius 3 is 2.53 bits per heavy atom. The van der Waals surface area contributed by atoms with Crippen molar-refractivity contribution in [1.29, 1.82) is 0 Å². The summed E-state index contributed by atoms with van der Waals surface area (Å²) >= 11 is 4.33. The van der Waals surface area contributed by atoms with E-state index in [9.17, 15) is 4.79 Å². The first kappa shape index (κ1) is 14.4. The van der Waals surface area contributed by atoms with Gasteiger partial charge in [-0.2, -0.15) is 0 Å². The summed E-state index contributed by atoms with van der Waals surface area (Å²) in [6, 6.07) is 6.17. The third-order valence-electron chi connectivity index (χ3n) is 4.31. The third-order valence-corrected chi connectivity index (χ3v) is 4.58. The molecule has 104 valence electrons. The number of hydrogen-bond donors (Lipinski definition) is 1. The van der Waals surface area contributed by atoms with Crippen molar-refractivity contribution in [3.63, 3.8) is 0 Å². The fraction of sp³-hybridized carbons (Fsp3) is 0.562. The number of thiol groups is 1. The Hall–Kier alpha value is -0.960. The number of rotatable bonds is 2. The maximum absolute atomic E-state index is 12.6. The first-order valence-corrected chi connectivity index (χ1v) is 7.50. The zero-order valence-corrected chi connectivity index (χ0v) is 12.9. The van der Waals surface area contributed by atoms with Gasteiger partial charge in [-0.15, -0.1) is 12.6 Å². The van der Waals surface area contributed by atoms with Gasteiger partial charge in [0.1, 0.15) is 0 Å². The Morgan fingerprint density at radius 1 is 1.26 bits per heavy atom. The fourth-order valence-corrected chi connectivity index (χ4v) is 3.03. The Balaban J connectivity index is 2.12. The molecule has 1 saturated carbocycles. The van der Waals surface area contributed by atoms with E-state index < -0.39 is 0 Å². The highest BCUT2D eigenvalue weighted by molar-refractivity contribution is 7.80. The highest BCUT2D eigenvalue weighted by Crippen LogP contribution is 2.27. The van der Waals surface area contributed by atoms with Crippen LogP contribution in [0.3, 0.4) is 0 Å². The van der Waals surface area contributed by atoms with Crippen LogP contribution >= 0.6 is 12.6 Å². The van der Waals surface area contributed by atoms with Crippen LogP contribution < -0.4 is 0 Å². The summed E-state index contributed by atoms with van der Waals surface area (Å²) in [4.78, 5) is 15.4. The average molecular weight is 277 g/mol. The van der Waals surface area contributed by atoms with Crippen LogP contribution in [-0.2, 0) is 0 Å². The van der Waals surface area contributed by atoms with E-state index in [0.717, 1.165) is 34.8 Å². The minimum atomic E-state index is 0.132. The molecule has 2 rings (SSSR count). The Kier molecular flexibility index (Phi) is 4.56. The fourth-order valence-electron chi connectivity index (χ4n) is 2.83. The average Bonchev–Trinajstić information content (AvgIpc) is 2.41. The lowest BCUT2D eigenvalue weighted by Crippen LogP contribution is -2.39. The van der Waals surface area contributed by atoms with Gasteiger partial charge >= 0.3 is 0 Å². The molecule has 0 heterocycles. The summed E-state index contributed by atoms with van der Waals surface area (Å²) in [5, 5.41) is 0. The summed E-state index contributed by atoms with van der Waals surface area (Å²) < 4.78 is 0. The standard InChI is InChI=1S/C16H23NOS/c1-11-4-7-13(8-5-11)17(3)16(18)15-10-14(19)9-6-12(15)2/h6,9-11,13,19H,4-5,7-8H2,1-3H3. The molecule has 0 saturated heterocycles. The van der Waals surface area contributed by atoms with Gasteiger partial charge in [0, 0.05) is 23.5 Å². The van der Waals surface area contributed by atoms with E-state index in [1.807, 2.05) is 37.1 Å². The first-order chi connectivity index (χ1) is 8.99. The summed E-state index contributed by atoms with van der Waals surface area (Å²) in [6.07, 6.45) is 4.72. The second-order valence-electron chi connectivity index (χ2n) is 5.83. The number of amides is 1. The van der Waals surface area contributed by atoms with Gasteiger partial charge in [-0.3, -0.25) is 4.79 Å². The van der Waals surface area contributed by atoms with E-state index >= 15 is 0 Å². The molecule has 0 bridgehead atoms. The lowest BCUT2D eigenvalue weighted by atomic mass is 9.86. The minimum Gasteiger partial charge on any atom is -0.339 e. The van der Waals surface area contributed by atoms with Crippen LogP contribution in [0.4, 0.5) is 0 Å². The third kappa shape index (κ3) is 3.33. The predicted octanol–water partition coefficient (Wildman–Crippen LogP) is 3.93. The van der Waals surface area contributed by atoms with Crippen LogP contribution in [0.1, 0.15) is 48.5 Å². The lowest BCUT2D eigenvalue weighted by Gasteiger charge is -2.34. The topological polar surface area (TPSA) is 20.3 Å². The minimum absolute atomic E-state index is 0.132. The number of aryl methyl sites for hydroxylation is 1. The van der Waals surface area contributed by atoms with Crippen molar-refractivity contribution < 1.29 is 4.79 Å². The molecular formula is C16H23NOS. The summed E-state index contributed by atoms with van der Waals surface area (Å²) in [5.41, 5.74) is 1.81. The van der Waals surface area contributed by atoms with Gasteiger partial charge in [0.25, 0.3) is 5.91 Å². The summed E-state index contributed by atoms with van der Waals surface area (Å²) in [5.74, 6) is 0.940. The zero-order chi connectivity index (χ0) is 14.0. The van der Waals surface area contributed by atoms with Crippen molar-refractivity contribution in [2.75, 3.05) is 7.05 Å². The Bertz CT molecular complexity index is 464. The molecule has 1 fully saturated rings. The molecular weight excluding hydrogens is 254 g/mol. The van der Waals surface area contributed by atoms with Crippen molar-refractivity contribution >= 4 is 18.5 Å². The number of benzene rings is 1. The highest BCUT2D eigenvalue weighted by atomic mass is 32.1. The van der Waals surface area contributed by atoms with E-state index in [1.165, 1.54) is 12.8 Å². The normalized spacial score (nSPS) is 23.2. The maximum atomic E-state index is 12.6. The number of hydrogen-bond acceptors (Lipinski definition) is 2. The Labute approximate surface area is 121 Å². The van der Waals surface area contributed by atoms with E-state index in [2.05, 4.69) is 19.6 Å². The summed E-state index contributed by atoms with van der Waals surface area (Å²) in [7, 11) is 1.94. The van der Waals surface area contributed by atoms with Gasteiger partial charge in [-0.05, 0) is 56.2 Å². The largest absolute Gasteiger partial charge is 0.339 e. The summed E-state index contributed by atoms with van der Waals surface area (Å²) in [6.45, 7) is 4.28. The quantitative estimate of drug-likeness (QED) is 0.812. The van der Waals surface area contributed by atoms with Crippen LogP contribution in [0, 0.1) is 12.8 Å². The molecule has 2 nitrogen and oxygen atoms in total. The molecule has 0 atom stereocenters. The molecule has 0 spiro atoms. The van der Waals surface area contributed by atoms with Gasteiger partial charge in [0.2, 0.25) is 0 Å². The van der Waals surface area contributed by atoms with Crippen LogP contribution in [0.5, 0.6) is 0 Å². The van der Waals surface area contributed by atoms with E-state index in [4.69, 9.17) is 0 Å². The van der Waals surface area contributed by atoms with Gasteiger partial charge in [0.15, 0.2) is 0 Å². The molecule has 1 aliphatic carbocycles. The number of carbonyl (C=O) groups excluding carboxylic acids is 1. The van der Waals surface area contributed by atoms with Crippen LogP contribution in [0.2, 0.25) is 0 Å². The maximum Gasteiger partial charge on any atom is 0.254 e. The predicted molar refractivity (Wildman–Crippen MR) is 81.9 cm³/mol. The van der Waals surface area contributed by atoms with Crippen molar-refractivity contribution in [1.82, 2.24) is 4.90 Å². The molecule has 3 heteroatoms. The second kappa shape index (κ2) is 6.00. The smallest absolute Gasteiger partial charge is 0.254 e. The molecule has 1 amide bonds. The highest BCUT2D eigenvalue weighted by Gasteiger charge is 2.26. The van der Waals surface area contributed by atoms with Crippen LogP contribution in [-0.4, -0.2) is 23.9 Å². The van der Waals surface area contributed by atoms with Gasteiger partial charge in [-0.1, -0.05) is 13.0 Å². The Morgan fingerprint density at radius 2 is 1.89 bits per heavy atom. The van der Waals surface area contributed by atoms with E-state index in [0.29, 0.717) is 6.04 Å². The first-order valence-electron chi connectivity index (χ1n) is 7.06. The number of carbonyl (C=O) groups is 1. The lowest BCUT2D eigenvalue weighted by molar-refractivity contribution is 0.0678. The molecule has 0 aromatic heterocycles. The number of nitrogens with zero attached hydrogens (tertiary/aromatic N) is 1. The van der Waals surface area contributed by atoms with E-state index in [1.54, 1.807) is 0 Å². The van der Waals surface area contributed by atoms with Crippen molar-refractivity contribution in [3.8, 4) is 0 Å². The van der Waals surface area contributed by atoms with Gasteiger partial charge in [-0.25, -0.2) is 0 Å². The molecule has 1 aromatic carbocycles. The van der Waals surface area contributed by atoms with Gasteiger partial charge < -0.3 is 4.90 Å². The SMILES string of the molecule is Cc1ccc(S)cc1C(=O)N(C)C1CCC(C)CC1. The molecule has 0 aliphatic heterocycles.